The monoisotopic (exact) mass is 350 g/mol. The van der Waals surface area contributed by atoms with Crippen molar-refractivity contribution in [1.29, 1.82) is 0 Å². The summed E-state index contributed by atoms with van der Waals surface area (Å²) in [6.45, 7) is 6.28. The Labute approximate surface area is 155 Å². The van der Waals surface area contributed by atoms with E-state index in [1.807, 2.05) is 38.1 Å². The average molecular weight is 350 g/mol. The van der Waals surface area contributed by atoms with Gasteiger partial charge in [0.25, 0.3) is 0 Å². The molecule has 4 heteroatoms. The van der Waals surface area contributed by atoms with E-state index in [1.165, 1.54) is 18.5 Å². The number of methoxy groups -OCH3 is 1. The Kier molecular flexibility index (Phi) is 5.61. The van der Waals surface area contributed by atoms with Crippen LogP contribution in [0.25, 0.3) is 6.08 Å². The molecule has 1 saturated heterocycles. The Morgan fingerprint density at radius 2 is 1.88 bits per heavy atom. The van der Waals surface area contributed by atoms with E-state index < -0.39 is 0 Å². The average Bonchev–Trinajstić information content (AvgIpc) is 3.16. The minimum atomic E-state index is -0.148. The fourth-order valence-corrected chi connectivity index (χ4v) is 3.28. The van der Waals surface area contributed by atoms with Crippen LogP contribution < -0.4 is 15.0 Å². The van der Waals surface area contributed by atoms with Crippen LogP contribution in [0.15, 0.2) is 42.5 Å². The predicted octanol–water partition coefficient (Wildman–Crippen LogP) is 4.56. The van der Waals surface area contributed by atoms with Gasteiger partial charge in [-0.05, 0) is 68.7 Å². The van der Waals surface area contributed by atoms with E-state index in [1.54, 1.807) is 19.3 Å². The van der Waals surface area contributed by atoms with Crippen molar-refractivity contribution >= 4 is 23.4 Å². The SMILES string of the molecule is COc1ccc(C)cc1/C=C/C(=O)Nc1ccc(N2CCCC2)cc1C. The molecule has 2 aromatic carbocycles. The van der Waals surface area contributed by atoms with Crippen molar-refractivity contribution in [2.75, 3.05) is 30.4 Å². The number of hydrogen-bond acceptors (Lipinski definition) is 3. The van der Waals surface area contributed by atoms with Crippen molar-refractivity contribution in [3.63, 3.8) is 0 Å². The maximum absolute atomic E-state index is 12.3. The van der Waals surface area contributed by atoms with Crippen LogP contribution in [0, 0.1) is 13.8 Å². The molecule has 1 heterocycles. The number of aryl methyl sites for hydroxylation is 2. The number of anilines is 2. The van der Waals surface area contributed by atoms with Gasteiger partial charge in [-0.1, -0.05) is 11.6 Å². The van der Waals surface area contributed by atoms with Crippen molar-refractivity contribution in [3.05, 3.63) is 59.2 Å². The third kappa shape index (κ3) is 4.26. The summed E-state index contributed by atoms with van der Waals surface area (Å²) in [5.41, 5.74) is 5.17. The molecule has 0 bridgehead atoms. The Bertz CT molecular complexity index is 821. The summed E-state index contributed by atoms with van der Waals surface area (Å²) in [6.07, 6.45) is 5.84. The van der Waals surface area contributed by atoms with Gasteiger partial charge in [0, 0.05) is 36.1 Å². The maximum atomic E-state index is 12.3. The zero-order valence-electron chi connectivity index (χ0n) is 15.7. The first-order valence-electron chi connectivity index (χ1n) is 9.06. The molecule has 0 aromatic heterocycles. The molecule has 2 aromatic rings. The second-order valence-corrected chi connectivity index (χ2v) is 6.76. The quantitative estimate of drug-likeness (QED) is 0.804. The van der Waals surface area contributed by atoms with E-state index in [9.17, 15) is 4.79 Å². The largest absolute Gasteiger partial charge is 0.496 e. The van der Waals surface area contributed by atoms with E-state index in [0.717, 1.165) is 41.2 Å². The van der Waals surface area contributed by atoms with E-state index >= 15 is 0 Å². The lowest BCUT2D eigenvalue weighted by Gasteiger charge is -2.19. The van der Waals surface area contributed by atoms with Crippen molar-refractivity contribution in [1.82, 2.24) is 0 Å². The lowest BCUT2D eigenvalue weighted by Crippen LogP contribution is -2.18. The van der Waals surface area contributed by atoms with Gasteiger partial charge in [0.1, 0.15) is 5.75 Å². The van der Waals surface area contributed by atoms with Crippen LogP contribution in [0.5, 0.6) is 5.75 Å². The van der Waals surface area contributed by atoms with Gasteiger partial charge in [-0.3, -0.25) is 4.79 Å². The molecule has 0 atom stereocenters. The molecule has 1 amide bonds. The third-order valence-corrected chi connectivity index (χ3v) is 4.74. The highest BCUT2D eigenvalue weighted by molar-refractivity contribution is 6.02. The third-order valence-electron chi connectivity index (χ3n) is 4.74. The number of nitrogens with zero attached hydrogens (tertiary/aromatic N) is 1. The summed E-state index contributed by atoms with van der Waals surface area (Å²) in [6, 6.07) is 12.1. The number of hydrogen-bond donors (Lipinski definition) is 1. The summed E-state index contributed by atoms with van der Waals surface area (Å²) in [5.74, 6) is 0.608. The van der Waals surface area contributed by atoms with Crippen LogP contribution >= 0.6 is 0 Å². The maximum Gasteiger partial charge on any atom is 0.248 e. The lowest BCUT2D eigenvalue weighted by molar-refractivity contribution is -0.111. The minimum Gasteiger partial charge on any atom is -0.496 e. The molecular weight excluding hydrogens is 324 g/mol. The number of carbonyl (C=O) groups excluding carboxylic acids is 1. The first-order chi connectivity index (χ1) is 12.6. The first-order valence-corrected chi connectivity index (χ1v) is 9.06. The van der Waals surface area contributed by atoms with Crippen LogP contribution in [0.4, 0.5) is 11.4 Å². The van der Waals surface area contributed by atoms with Gasteiger partial charge in [-0.25, -0.2) is 0 Å². The first kappa shape index (κ1) is 18.1. The molecular formula is C22H26N2O2. The molecule has 3 rings (SSSR count). The predicted molar refractivity (Wildman–Crippen MR) is 108 cm³/mol. The molecule has 1 aliphatic heterocycles. The molecule has 1 fully saturated rings. The van der Waals surface area contributed by atoms with Gasteiger partial charge in [-0.15, -0.1) is 0 Å². The highest BCUT2D eigenvalue weighted by Crippen LogP contribution is 2.26. The summed E-state index contributed by atoms with van der Waals surface area (Å²) < 4.78 is 5.34. The number of nitrogens with one attached hydrogen (secondary N) is 1. The van der Waals surface area contributed by atoms with Crippen molar-refractivity contribution in [2.24, 2.45) is 0 Å². The van der Waals surface area contributed by atoms with Crippen LogP contribution in [0.2, 0.25) is 0 Å². The fourth-order valence-electron chi connectivity index (χ4n) is 3.28. The molecule has 0 unspecified atom stereocenters. The Balaban J connectivity index is 1.69. The van der Waals surface area contributed by atoms with E-state index in [2.05, 4.69) is 22.3 Å². The van der Waals surface area contributed by atoms with Gasteiger partial charge >= 0.3 is 0 Å². The number of rotatable bonds is 5. The van der Waals surface area contributed by atoms with Gasteiger partial charge in [0.2, 0.25) is 5.91 Å². The smallest absolute Gasteiger partial charge is 0.248 e. The lowest BCUT2D eigenvalue weighted by atomic mass is 10.1. The zero-order valence-corrected chi connectivity index (χ0v) is 15.7. The van der Waals surface area contributed by atoms with Crippen LogP contribution in [0.3, 0.4) is 0 Å². The van der Waals surface area contributed by atoms with Crippen molar-refractivity contribution < 1.29 is 9.53 Å². The van der Waals surface area contributed by atoms with Gasteiger partial charge in [0.15, 0.2) is 0 Å². The highest BCUT2D eigenvalue weighted by atomic mass is 16.5. The molecule has 26 heavy (non-hydrogen) atoms. The summed E-state index contributed by atoms with van der Waals surface area (Å²) in [4.78, 5) is 14.7. The summed E-state index contributed by atoms with van der Waals surface area (Å²) in [7, 11) is 1.63. The second-order valence-electron chi connectivity index (χ2n) is 6.76. The molecule has 0 radical (unpaired) electrons. The van der Waals surface area contributed by atoms with Crippen LogP contribution in [-0.4, -0.2) is 26.1 Å². The normalized spacial score (nSPS) is 14.0. The van der Waals surface area contributed by atoms with Gasteiger partial charge < -0.3 is 15.0 Å². The van der Waals surface area contributed by atoms with E-state index in [0.29, 0.717) is 0 Å². The van der Waals surface area contributed by atoms with Gasteiger partial charge in [0.05, 0.1) is 7.11 Å². The van der Waals surface area contributed by atoms with Crippen molar-refractivity contribution in [2.45, 2.75) is 26.7 Å². The molecule has 1 aliphatic rings. The molecule has 1 N–H and O–H groups in total. The number of ether oxygens (including phenoxy) is 1. The van der Waals surface area contributed by atoms with Crippen LogP contribution in [0.1, 0.15) is 29.5 Å². The standard InChI is InChI=1S/C22H26N2O2/c1-16-6-10-21(26-3)18(14-16)7-11-22(25)23-20-9-8-19(15-17(20)2)24-12-4-5-13-24/h6-11,14-15H,4-5,12-13H2,1-3H3,(H,23,25)/b11-7+. The molecule has 136 valence electrons. The van der Waals surface area contributed by atoms with Gasteiger partial charge in [-0.2, -0.15) is 0 Å². The zero-order chi connectivity index (χ0) is 18.5. The van der Waals surface area contributed by atoms with Crippen LogP contribution in [-0.2, 0) is 4.79 Å². The van der Waals surface area contributed by atoms with E-state index in [-0.39, 0.29) is 5.91 Å². The summed E-state index contributed by atoms with van der Waals surface area (Å²) in [5, 5.41) is 2.97. The highest BCUT2D eigenvalue weighted by Gasteiger charge is 2.13. The molecule has 0 aliphatic carbocycles. The molecule has 0 saturated carbocycles. The number of amides is 1. The number of benzene rings is 2. The van der Waals surface area contributed by atoms with Crippen molar-refractivity contribution in [3.8, 4) is 5.75 Å². The summed E-state index contributed by atoms with van der Waals surface area (Å²) >= 11 is 0. The topological polar surface area (TPSA) is 41.6 Å². The fraction of sp³-hybridized carbons (Fsp3) is 0.318. The minimum absolute atomic E-state index is 0.148. The molecule has 0 spiro atoms. The second kappa shape index (κ2) is 8.09. The Morgan fingerprint density at radius 3 is 2.58 bits per heavy atom. The Hall–Kier alpha value is -2.75. The Morgan fingerprint density at radius 1 is 1.12 bits per heavy atom. The number of carbonyl (C=O) groups is 1. The molecule has 4 nitrogen and oxygen atoms in total. The van der Waals surface area contributed by atoms with E-state index in [4.69, 9.17) is 4.74 Å².